The van der Waals surface area contributed by atoms with Crippen LogP contribution in [0.2, 0.25) is 0 Å². The van der Waals surface area contributed by atoms with Gasteiger partial charge in [0.05, 0.1) is 22.4 Å². The predicted molar refractivity (Wildman–Crippen MR) is 195 cm³/mol. The van der Waals surface area contributed by atoms with Crippen LogP contribution in [0.3, 0.4) is 0 Å². The van der Waals surface area contributed by atoms with Crippen molar-refractivity contribution in [2.75, 3.05) is 18.0 Å². The molecule has 0 spiro atoms. The van der Waals surface area contributed by atoms with Gasteiger partial charge in [-0.25, -0.2) is 0 Å². The minimum Gasteiger partial charge on any atom is -0.387 e. The molecule has 0 radical (unpaired) electrons. The van der Waals surface area contributed by atoms with Crippen LogP contribution in [-0.4, -0.2) is 17.7 Å². The van der Waals surface area contributed by atoms with Gasteiger partial charge in [0.25, 0.3) is 0 Å². The van der Waals surface area contributed by atoms with Crippen molar-refractivity contribution in [3.63, 3.8) is 0 Å². The maximum Gasteiger partial charge on any atom is 0.0548 e. The molecule has 3 aliphatic heterocycles. The van der Waals surface area contributed by atoms with E-state index >= 15 is 0 Å². The van der Waals surface area contributed by atoms with E-state index < -0.39 is 0 Å². The monoisotopic (exact) mass is 592 g/mol. The molecule has 0 amide bonds. The van der Waals surface area contributed by atoms with E-state index in [2.05, 4.69) is 172 Å². The van der Waals surface area contributed by atoms with E-state index in [-0.39, 0.29) is 0 Å². The van der Waals surface area contributed by atoms with Gasteiger partial charge in [0.2, 0.25) is 0 Å². The molecule has 0 bridgehead atoms. The molecule has 0 atom stereocenters. The molecule has 4 heterocycles. The third-order valence-electron chi connectivity index (χ3n) is 9.19. The summed E-state index contributed by atoms with van der Waals surface area (Å²) in [5.41, 5.74) is 14.3. The Labute approximate surface area is 268 Å². The first-order valence-electron chi connectivity index (χ1n) is 15.9. The lowest BCUT2D eigenvalue weighted by Crippen LogP contribution is -2.13. The molecule has 0 saturated carbocycles. The van der Waals surface area contributed by atoms with Crippen molar-refractivity contribution in [2.45, 2.75) is 0 Å². The predicted octanol–water partition coefficient (Wildman–Crippen LogP) is 9.74. The second-order valence-electron chi connectivity index (χ2n) is 11.9. The molecule has 0 saturated heterocycles. The first-order valence-corrected chi connectivity index (χ1v) is 15.9. The summed E-state index contributed by atoms with van der Waals surface area (Å²) in [5, 5.41) is 9.30. The van der Waals surface area contributed by atoms with Crippen LogP contribution in [0, 0.1) is 0 Å². The number of rotatable bonds is 4. The van der Waals surface area contributed by atoms with Crippen molar-refractivity contribution in [3.8, 4) is 5.69 Å². The molecule has 220 valence electrons. The quantitative estimate of drug-likeness (QED) is 0.213. The summed E-state index contributed by atoms with van der Waals surface area (Å²) in [7, 11) is 0. The van der Waals surface area contributed by atoms with Crippen LogP contribution in [-0.2, 0) is 0 Å². The average molecular weight is 593 g/mol. The van der Waals surface area contributed by atoms with Crippen molar-refractivity contribution >= 4 is 62.2 Å². The van der Waals surface area contributed by atoms with E-state index in [4.69, 9.17) is 0 Å². The Balaban J connectivity index is 1.33. The van der Waals surface area contributed by atoms with Crippen LogP contribution in [0.4, 0.5) is 17.1 Å². The molecule has 4 heteroatoms. The molecular weight excluding hydrogens is 560 g/mol. The zero-order valence-electron chi connectivity index (χ0n) is 25.3. The highest BCUT2D eigenvalue weighted by Gasteiger charge is 2.24. The van der Waals surface area contributed by atoms with E-state index in [1.165, 1.54) is 66.6 Å². The summed E-state index contributed by atoms with van der Waals surface area (Å²) >= 11 is 0. The molecular formula is C42H32N4. The fraction of sp³-hybridized carbons (Fsp3) is 0.0476. The summed E-state index contributed by atoms with van der Waals surface area (Å²) < 4.78 is 2.45. The minimum absolute atomic E-state index is 0.799. The summed E-state index contributed by atoms with van der Waals surface area (Å²) in [6.07, 6.45) is 17.4. The highest BCUT2D eigenvalue weighted by molar-refractivity contribution is 6.16. The molecule has 0 unspecified atom stereocenters. The Kier molecular flexibility index (Phi) is 6.24. The number of dihydropyridines is 2. The largest absolute Gasteiger partial charge is 0.387 e. The number of benzene rings is 5. The number of para-hydroxylation sites is 3. The molecule has 5 aromatic carbocycles. The first kappa shape index (κ1) is 26.4. The SMILES string of the molecule is C1=CNCC(c2cc(C3=CNCC=C3)cc(-n3c4ccccc4c4c5c(ccc43)N(c3ccccc3)c3ccccc3C=C5)c2)=C1. The average Bonchev–Trinajstić information content (AvgIpc) is 3.37. The van der Waals surface area contributed by atoms with Gasteiger partial charge in [-0.15, -0.1) is 0 Å². The van der Waals surface area contributed by atoms with E-state index in [0.717, 1.165) is 24.5 Å². The van der Waals surface area contributed by atoms with Gasteiger partial charge in [-0.2, -0.15) is 0 Å². The van der Waals surface area contributed by atoms with Gasteiger partial charge in [0.1, 0.15) is 0 Å². The normalized spacial score (nSPS) is 15.1. The van der Waals surface area contributed by atoms with Crippen molar-refractivity contribution < 1.29 is 0 Å². The lowest BCUT2D eigenvalue weighted by Gasteiger charge is -2.27. The minimum atomic E-state index is 0.799. The summed E-state index contributed by atoms with van der Waals surface area (Å²) in [4.78, 5) is 2.40. The Morgan fingerprint density at radius 2 is 1.48 bits per heavy atom. The maximum absolute atomic E-state index is 3.41. The smallest absolute Gasteiger partial charge is 0.0548 e. The second-order valence-corrected chi connectivity index (χ2v) is 11.9. The number of fused-ring (bicyclic) bond motifs is 6. The molecule has 1 aromatic heterocycles. The lowest BCUT2D eigenvalue weighted by atomic mass is 9.96. The number of hydrogen-bond donors (Lipinski definition) is 2. The van der Waals surface area contributed by atoms with Gasteiger partial charge in [-0.05, 0) is 94.7 Å². The van der Waals surface area contributed by atoms with Crippen molar-refractivity contribution in [2.24, 2.45) is 0 Å². The molecule has 6 aromatic rings. The van der Waals surface area contributed by atoms with E-state index in [9.17, 15) is 0 Å². The van der Waals surface area contributed by atoms with Crippen LogP contribution in [0.15, 0.2) is 146 Å². The number of hydrogen-bond acceptors (Lipinski definition) is 3. The topological polar surface area (TPSA) is 32.2 Å². The molecule has 4 nitrogen and oxygen atoms in total. The zero-order chi connectivity index (χ0) is 30.5. The van der Waals surface area contributed by atoms with Gasteiger partial charge < -0.3 is 20.1 Å². The Hall–Kier alpha value is -6.00. The van der Waals surface area contributed by atoms with Crippen LogP contribution in [0.5, 0.6) is 0 Å². The molecule has 3 aliphatic rings. The summed E-state index contributed by atoms with van der Waals surface area (Å²) in [6, 6.07) is 39.8. The van der Waals surface area contributed by atoms with Crippen molar-refractivity contribution in [1.82, 2.24) is 15.2 Å². The van der Waals surface area contributed by atoms with Gasteiger partial charge in [-0.3, -0.25) is 0 Å². The second kappa shape index (κ2) is 10.9. The van der Waals surface area contributed by atoms with E-state index in [1.807, 2.05) is 6.20 Å². The molecule has 0 fully saturated rings. The highest BCUT2D eigenvalue weighted by Crippen LogP contribution is 2.46. The molecule has 2 N–H and O–H groups in total. The van der Waals surface area contributed by atoms with Gasteiger partial charge in [0, 0.05) is 47.0 Å². The van der Waals surface area contributed by atoms with E-state index in [0.29, 0.717) is 0 Å². The number of anilines is 3. The Bertz CT molecular complexity index is 2310. The van der Waals surface area contributed by atoms with E-state index in [1.54, 1.807) is 0 Å². The Morgan fingerprint density at radius 1 is 0.630 bits per heavy atom. The molecule has 0 aliphatic carbocycles. The fourth-order valence-electron chi connectivity index (χ4n) is 7.11. The third kappa shape index (κ3) is 4.30. The van der Waals surface area contributed by atoms with Gasteiger partial charge in [-0.1, -0.05) is 85.0 Å². The third-order valence-corrected chi connectivity index (χ3v) is 9.19. The van der Waals surface area contributed by atoms with Gasteiger partial charge in [0.15, 0.2) is 0 Å². The Morgan fingerprint density at radius 3 is 2.35 bits per heavy atom. The number of aromatic nitrogens is 1. The first-order chi connectivity index (χ1) is 22.8. The summed E-state index contributed by atoms with van der Waals surface area (Å²) in [5.74, 6) is 0. The lowest BCUT2D eigenvalue weighted by molar-refractivity contribution is 0.975. The number of nitrogens with one attached hydrogen (secondary N) is 2. The number of nitrogens with zero attached hydrogens (tertiary/aromatic N) is 2. The van der Waals surface area contributed by atoms with Crippen molar-refractivity contribution in [1.29, 1.82) is 0 Å². The van der Waals surface area contributed by atoms with Crippen molar-refractivity contribution in [3.05, 3.63) is 168 Å². The van der Waals surface area contributed by atoms with Crippen LogP contribution >= 0.6 is 0 Å². The van der Waals surface area contributed by atoms with Crippen LogP contribution in [0.25, 0.3) is 50.8 Å². The van der Waals surface area contributed by atoms with Crippen LogP contribution in [0.1, 0.15) is 22.3 Å². The fourth-order valence-corrected chi connectivity index (χ4v) is 7.11. The highest BCUT2D eigenvalue weighted by atomic mass is 15.1. The standard InChI is InChI=1S/C42H32N4/c1-2-13-34(14-3-1)45-38-16-6-4-10-29(38)18-19-37-40(45)20-21-41-42(37)36-15-5-7-17-39(36)46(41)35-25-32(30-11-8-22-43-27-30)24-33(26-35)31-12-9-23-44-28-31/h1-22,24-26,28,43-44H,23,27H2. The molecule has 9 rings (SSSR count). The molecule has 46 heavy (non-hydrogen) atoms. The zero-order valence-corrected chi connectivity index (χ0v) is 25.3. The number of allylic oxidation sites excluding steroid dienone is 4. The van der Waals surface area contributed by atoms with Gasteiger partial charge >= 0.3 is 0 Å². The summed E-state index contributed by atoms with van der Waals surface area (Å²) in [6.45, 7) is 1.65. The van der Waals surface area contributed by atoms with Crippen LogP contribution < -0.4 is 15.5 Å². The maximum atomic E-state index is 3.41.